The van der Waals surface area contributed by atoms with E-state index in [1.807, 2.05) is 26.0 Å². The lowest BCUT2D eigenvalue weighted by Crippen LogP contribution is -2.49. The summed E-state index contributed by atoms with van der Waals surface area (Å²) in [5, 5.41) is 3.22. The molecule has 1 amide bonds. The van der Waals surface area contributed by atoms with Crippen molar-refractivity contribution in [3.8, 4) is 17.0 Å². The highest BCUT2D eigenvalue weighted by Crippen LogP contribution is 2.37. The van der Waals surface area contributed by atoms with E-state index in [0.29, 0.717) is 41.4 Å². The summed E-state index contributed by atoms with van der Waals surface area (Å²) in [6.07, 6.45) is -0.729. The van der Waals surface area contributed by atoms with Gasteiger partial charge in [0.1, 0.15) is 17.6 Å². The number of ether oxygens (including phenoxy) is 2. The zero-order valence-electron chi connectivity index (χ0n) is 24.6. The Morgan fingerprint density at radius 1 is 1.02 bits per heavy atom. The highest BCUT2D eigenvalue weighted by molar-refractivity contribution is 5.89. The number of fused-ring (bicyclic) bond motifs is 1. The van der Waals surface area contributed by atoms with Crippen LogP contribution in [0.4, 0.5) is 24.7 Å². The van der Waals surface area contributed by atoms with Gasteiger partial charge in [-0.2, -0.15) is 13.2 Å². The molecule has 4 heterocycles. The van der Waals surface area contributed by atoms with Crippen LogP contribution in [0.25, 0.3) is 22.3 Å². The summed E-state index contributed by atoms with van der Waals surface area (Å²) < 4.78 is 52.6. The van der Waals surface area contributed by atoms with Gasteiger partial charge in [-0.1, -0.05) is 26.8 Å². The molecule has 1 aliphatic heterocycles. The smallest absolute Gasteiger partial charge is 0.418 e. The van der Waals surface area contributed by atoms with Crippen LogP contribution in [0.15, 0.2) is 55.1 Å². The Kier molecular flexibility index (Phi) is 8.24. The molecule has 2 atom stereocenters. The standard InChI is InChI=1S/C31H33F3N6O3/c1-18-14-40(15-19(2)43-18)26(41)16-42-25-12-21(8-9-22(25)30(3,4)5)39-29-28-24(37-17-38-29)11-20(13-36-28)27-23(31(32,33)34)7-6-10-35-27/h6-13,17-19H,14-16H2,1-5H3,(H,37,38,39)/t18-,19+. The van der Waals surface area contributed by atoms with Gasteiger partial charge in [-0.05, 0) is 49.1 Å². The van der Waals surface area contributed by atoms with Crippen LogP contribution in [-0.4, -0.2) is 62.6 Å². The van der Waals surface area contributed by atoms with E-state index in [0.717, 1.165) is 11.6 Å². The molecule has 12 heteroatoms. The summed E-state index contributed by atoms with van der Waals surface area (Å²) in [5.74, 6) is 0.780. The van der Waals surface area contributed by atoms with Gasteiger partial charge in [-0.25, -0.2) is 15.0 Å². The summed E-state index contributed by atoms with van der Waals surface area (Å²) in [4.78, 5) is 31.6. The first-order valence-corrected chi connectivity index (χ1v) is 13.9. The van der Waals surface area contributed by atoms with Crippen molar-refractivity contribution in [2.45, 2.75) is 58.4 Å². The summed E-state index contributed by atoms with van der Waals surface area (Å²) >= 11 is 0. The van der Waals surface area contributed by atoms with E-state index >= 15 is 0 Å². The number of halogens is 3. The van der Waals surface area contributed by atoms with E-state index in [2.05, 4.69) is 46.0 Å². The molecule has 0 aliphatic carbocycles. The molecule has 0 spiro atoms. The summed E-state index contributed by atoms with van der Waals surface area (Å²) in [5.41, 5.74) is 1.08. The third-order valence-electron chi connectivity index (χ3n) is 7.04. The quantitative estimate of drug-likeness (QED) is 0.283. The van der Waals surface area contributed by atoms with Crippen molar-refractivity contribution < 1.29 is 27.4 Å². The molecule has 0 bridgehead atoms. The molecular weight excluding hydrogens is 561 g/mol. The van der Waals surface area contributed by atoms with Gasteiger partial charge >= 0.3 is 6.18 Å². The van der Waals surface area contributed by atoms with E-state index in [9.17, 15) is 18.0 Å². The highest BCUT2D eigenvalue weighted by atomic mass is 19.4. The molecule has 1 aliphatic rings. The number of carbonyl (C=O) groups is 1. The van der Waals surface area contributed by atoms with Crippen LogP contribution in [0.5, 0.6) is 5.75 Å². The van der Waals surface area contributed by atoms with Crippen molar-refractivity contribution >= 4 is 28.4 Å². The number of amides is 1. The molecule has 226 valence electrons. The van der Waals surface area contributed by atoms with Gasteiger partial charge in [-0.3, -0.25) is 9.78 Å². The van der Waals surface area contributed by atoms with Gasteiger partial charge in [0.25, 0.3) is 5.91 Å². The lowest BCUT2D eigenvalue weighted by atomic mass is 9.86. The fourth-order valence-electron chi connectivity index (χ4n) is 5.12. The number of pyridine rings is 2. The number of morpholine rings is 1. The molecule has 1 saturated heterocycles. The van der Waals surface area contributed by atoms with Gasteiger partial charge in [0.05, 0.1) is 29.0 Å². The lowest BCUT2D eigenvalue weighted by molar-refractivity contribution is -0.145. The molecule has 0 saturated carbocycles. The van der Waals surface area contributed by atoms with Crippen LogP contribution in [0.3, 0.4) is 0 Å². The molecule has 43 heavy (non-hydrogen) atoms. The number of hydrogen-bond acceptors (Lipinski definition) is 8. The zero-order valence-corrected chi connectivity index (χ0v) is 24.6. The number of carbonyl (C=O) groups excluding carboxylic acids is 1. The van der Waals surface area contributed by atoms with Gasteiger partial charge in [0, 0.05) is 42.8 Å². The number of nitrogens with zero attached hydrogens (tertiary/aromatic N) is 5. The van der Waals surface area contributed by atoms with Gasteiger partial charge in [0.2, 0.25) is 0 Å². The zero-order chi connectivity index (χ0) is 30.9. The Bertz CT molecular complexity index is 1630. The summed E-state index contributed by atoms with van der Waals surface area (Å²) in [6, 6.07) is 9.32. The van der Waals surface area contributed by atoms with Crippen molar-refractivity contribution in [2.24, 2.45) is 0 Å². The minimum atomic E-state index is -4.57. The minimum Gasteiger partial charge on any atom is -0.483 e. The van der Waals surface area contributed by atoms with E-state index in [1.165, 1.54) is 30.9 Å². The Balaban J connectivity index is 1.41. The molecule has 9 nitrogen and oxygen atoms in total. The molecule has 1 N–H and O–H groups in total. The first kappa shape index (κ1) is 30.1. The molecule has 4 aromatic rings. The summed E-state index contributed by atoms with van der Waals surface area (Å²) in [7, 11) is 0. The first-order valence-electron chi connectivity index (χ1n) is 13.9. The maximum absolute atomic E-state index is 13.6. The van der Waals surface area contributed by atoms with Crippen LogP contribution in [0.1, 0.15) is 45.7 Å². The van der Waals surface area contributed by atoms with E-state index < -0.39 is 11.7 Å². The molecule has 1 aromatic carbocycles. The van der Waals surface area contributed by atoms with Crippen molar-refractivity contribution in [3.05, 3.63) is 66.2 Å². The molecule has 0 radical (unpaired) electrons. The second kappa shape index (κ2) is 11.8. The normalized spacial score (nSPS) is 17.6. The van der Waals surface area contributed by atoms with Crippen molar-refractivity contribution in [3.63, 3.8) is 0 Å². The number of anilines is 2. The van der Waals surface area contributed by atoms with E-state index in [4.69, 9.17) is 9.47 Å². The van der Waals surface area contributed by atoms with Crippen LogP contribution in [0, 0.1) is 0 Å². The van der Waals surface area contributed by atoms with Crippen molar-refractivity contribution in [1.82, 2.24) is 24.8 Å². The number of hydrogen-bond donors (Lipinski definition) is 1. The Morgan fingerprint density at radius 2 is 1.77 bits per heavy atom. The Labute approximate surface area is 247 Å². The number of aromatic nitrogens is 4. The predicted octanol–water partition coefficient (Wildman–Crippen LogP) is 6.16. The van der Waals surface area contributed by atoms with Gasteiger partial charge < -0.3 is 19.7 Å². The average molecular weight is 595 g/mol. The minimum absolute atomic E-state index is 0.0478. The van der Waals surface area contributed by atoms with Crippen LogP contribution >= 0.6 is 0 Å². The molecule has 5 rings (SSSR count). The topological polar surface area (TPSA) is 102 Å². The summed E-state index contributed by atoms with van der Waals surface area (Å²) in [6.45, 7) is 10.9. The highest BCUT2D eigenvalue weighted by Gasteiger charge is 2.34. The first-order chi connectivity index (χ1) is 20.3. The van der Waals surface area contributed by atoms with E-state index in [-0.39, 0.29) is 41.4 Å². The molecule has 1 fully saturated rings. The van der Waals surface area contributed by atoms with Crippen LogP contribution in [0.2, 0.25) is 0 Å². The fourth-order valence-corrected chi connectivity index (χ4v) is 5.12. The number of nitrogens with one attached hydrogen (secondary N) is 1. The number of benzene rings is 1. The molecule has 3 aromatic heterocycles. The maximum atomic E-state index is 13.6. The number of rotatable bonds is 6. The lowest BCUT2D eigenvalue weighted by Gasteiger charge is -2.35. The third kappa shape index (κ3) is 6.85. The largest absolute Gasteiger partial charge is 0.483 e. The second-order valence-corrected chi connectivity index (χ2v) is 11.6. The third-order valence-corrected chi connectivity index (χ3v) is 7.04. The SMILES string of the molecule is C[C@@H]1CN(C(=O)COc2cc(Nc3ncnc4cc(-c5ncccc5C(F)(F)F)cnc34)ccc2C(C)(C)C)C[C@H](C)O1. The van der Waals surface area contributed by atoms with E-state index in [1.54, 1.807) is 11.0 Å². The maximum Gasteiger partial charge on any atom is 0.418 e. The van der Waals surface area contributed by atoms with Gasteiger partial charge in [-0.15, -0.1) is 0 Å². The second-order valence-electron chi connectivity index (χ2n) is 11.6. The van der Waals surface area contributed by atoms with Crippen LogP contribution in [-0.2, 0) is 21.1 Å². The predicted molar refractivity (Wildman–Crippen MR) is 156 cm³/mol. The van der Waals surface area contributed by atoms with Crippen molar-refractivity contribution in [2.75, 3.05) is 25.0 Å². The molecule has 0 unspecified atom stereocenters. The Morgan fingerprint density at radius 3 is 2.47 bits per heavy atom. The molecular formula is C31H33F3N6O3. The van der Waals surface area contributed by atoms with Gasteiger partial charge in [0.15, 0.2) is 12.4 Å². The van der Waals surface area contributed by atoms with Crippen LogP contribution < -0.4 is 10.1 Å². The van der Waals surface area contributed by atoms with Crippen molar-refractivity contribution in [1.29, 1.82) is 0 Å². The fraction of sp³-hybridized carbons (Fsp3) is 0.387. The monoisotopic (exact) mass is 594 g/mol. The number of alkyl halides is 3. The average Bonchev–Trinajstić information content (AvgIpc) is 2.94. The Hall–Kier alpha value is -4.32.